The quantitative estimate of drug-likeness (QED) is 0.742. The Kier molecular flexibility index (Phi) is 1.84. The van der Waals surface area contributed by atoms with Gasteiger partial charge in [-0.1, -0.05) is 0 Å². The van der Waals surface area contributed by atoms with Crippen molar-refractivity contribution >= 4 is 0 Å². The molecule has 2 rings (SSSR count). The number of nitrogens with two attached hydrogens (primary N) is 1. The summed E-state index contributed by atoms with van der Waals surface area (Å²) in [6.07, 6.45) is 2.46. The second-order valence-electron chi connectivity index (χ2n) is 5.29. The molecule has 1 saturated carbocycles. The van der Waals surface area contributed by atoms with Gasteiger partial charge < -0.3 is 10.7 Å². The molecule has 0 aromatic carbocycles. The SMILES string of the molecule is Cc1cc(C2(C(C)(C)N)CC2)c(C)[nH]1. The maximum atomic E-state index is 6.27. The van der Waals surface area contributed by atoms with Crippen LogP contribution in [0.1, 0.15) is 43.6 Å². The average Bonchev–Trinajstić information content (AvgIpc) is 2.73. The predicted molar refractivity (Wildman–Crippen MR) is 59.4 cm³/mol. The summed E-state index contributed by atoms with van der Waals surface area (Å²) < 4.78 is 0. The summed E-state index contributed by atoms with van der Waals surface area (Å²) in [6, 6.07) is 2.26. The summed E-state index contributed by atoms with van der Waals surface area (Å²) in [4.78, 5) is 3.37. The highest BCUT2D eigenvalue weighted by Gasteiger charge is 2.54. The van der Waals surface area contributed by atoms with E-state index in [1.54, 1.807) is 0 Å². The first kappa shape index (κ1) is 9.78. The summed E-state index contributed by atoms with van der Waals surface area (Å²) in [7, 11) is 0. The van der Waals surface area contributed by atoms with Crippen molar-refractivity contribution in [3.63, 3.8) is 0 Å². The van der Waals surface area contributed by atoms with Gasteiger partial charge in [-0.05, 0) is 52.2 Å². The van der Waals surface area contributed by atoms with Crippen molar-refractivity contribution in [2.75, 3.05) is 0 Å². The van der Waals surface area contributed by atoms with Crippen molar-refractivity contribution in [3.8, 4) is 0 Å². The summed E-state index contributed by atoms with van der Waals surface area (Å²) >= 11 is 0. The van der Waals surface area contributed by atoms with Crippen molar-refractivity contribution < 1.29 is 0 Å². The van der Waals surface area contributed by atoms with E-state index in [0.717, 1.165) is 0 Å². The monoisotopic (exact) mass is 192 g/mol. The molecule has 1 aliphatic carbocycles. The number of hydrogen-bond acceptors (Lipinski definition) is 1. The summed E-state index contributed by atoms with van der Waals surface area (Å²) in [5.74, 6) is 0. The molecule has 0 aliphatic heterocycles. The highest BCUT2D eigenvalue weighted by atomic mass is 14.8. The molecule has 0 radical (unpaired) electrons. The first-order valence-electron chi connectivity index (χ1n) is 5.32. The lowest BCUT2D eigenvalue weighted by Gasteiger charge is -2.31. The lowest BCUT2D eigenvalue weighted by atomic mass is 9.79. The molecule has 14 heavy (non-hydrogen) atoms. The van der Waals surface area contributed by atoms with Crippen LogP contribution in [0.3, 0.4) is 0 Å². The maximum absolute atomic E-state index is 6.27. The lowest BCUT2D eigenvalue weighted by Crippen LogP contribution is -2.45. The molecule has 0 unspecified atom stereocenters. The van der Waals surface area contributed by atoms with E-state index in [1.165, 1.54) is 29.8 Å². The fraction of sp³-hybridized carbons (Fsp3) is 0.667. The molecule has 1 aromatic rings. The molecular formula is C12H20N2. The van der Waals surface area contributed by atoms with Crippen molar-refractivity contribution in [2.45, 2.75) is 51.5 Å². The zero-order valence-electron chi connectivity index (χ0n) is 9.57. The molecule has 3 N–H and O–H groups in total. The van der Waals surface area contributed by atoms with Crippen LogP contribution < -0.4 is 5.73 Å². The van der Waals surface area contributed by atoms with Gasteiger partial charge in [-0.3, -0.25) is 0 Å². The van der Waals surface area contributed by atoms with Crippen LogP contribution >= 0.6 is 0 Å². The molecule has 0 saturated heterocycles. The molecule has 78 valence electrons. The highest BCUT2D eigenvalue weighted by Crippen LogP contribution is 2.55. The molecule has 1 aromatic heterocycles. The third kappa shape index (κ3) is 1.21. The Morgan fingerprint density at radius 3 is 2.21 bits per heavy atom. The van der Waals surface area contributed by atoms with Gasteiger partial charge in [-0.2, -0.15) is 0 Å². The van der Waals surface area contributed by atoms with Crippen LogP contribution in [0.15, 0.2) is 6.07 Å². The number of hydrogen-bond donors (Lipinski definition) is 2. The van der Waals surface area contributed by atoms with Crippen LogP contribution in [0, 0.1) is 13.8 Å². The van der Waals surface area contributed by atoms with Gasteiger partial charge in [0, 0.05) is 22.3 Å². The van der Waals surface area contributed by atoms with Crippen molar-refractivity contribution in [1.82, 2.24) is 4.98 Å². The Balaban J connectivity index is 2.45. The van der Waals surface area contributed by atoms with Crippen LogP contribution in [0.25, 0.3) is 0 Å². The van der Waals surface area contributed by atoms with Gasteiger partial charge in [0.15, 0.2) is 0 Å². The van der Waals surface area contributed by atoms with Crippen LogP contribution in [-0.4, -0.2) is 10.5 Å². The molecule has 1 aliphatic rings. The number of nitrogens with one attached hydrogen (secondary N) is 1. The second-order valence-corrected chi connectivity index (χ2v) is 5.29. The molecule has 0 atom stereocenters. The number of aromatic nitrogens is 1. The Morgan fingerprint density at radius 1 is 1.36 bits per heavy atom. The van der Waals surface area contributed by atoms with Gasteiger partial charge in [-0.15, -0.1) is 0 Å². The van der Waals surface area contributed by atoms with Crippen molar-refractivity contribution in [3.05, 3.63) is 23.0 Å². The highest BCUT2D eigenvalue weighted by molar-refractivity contribution is 5.41. The van der Waals surface area contributed by atoms with E-state index < -0.39 is 0 Å². The maximum Gasteiger partial charge on any atom is 0.0195 e. The van der Waals surface area contributed by atoms with E-state index in [0.29, 0.717) is 0 Å². The first-order chi connectivity index (χ1) is 6.37. The van der Waals surface area contributed by atoms with Crippen LogP contribution in [-0.2, 0) is 5.41 Å². The van der Waals surface area contributed by atoms with Gasteiger partial charge in [-0.25, -0.2) is 0 Å². The van der Waals surface area contributed by atoms with E-state index in [-0.39, 0.29) is 11.0 Å². The summed E-state index contributed by atoms with van der Waals surface area (Å²) in [5, 5.41) is 0. The topological polar surface area (TPSA) is 41.8 Å². The van der Waals surface area contributed by atoms with Gasteiger partial charge in [0.25, 0.3) is 0 Å². The van der Waals surface area contributed by atoms with Crippen LogP contribution in [0.5, 0.6) is 0 Å². The van der Waals surface area contributed by atoms with Crippen LogP contribution in [0.4, 0.5) is 0 Å². The molecule has 1 heterocycles. The fourth-order valence-electron chi connectivity index (χ4n) is 2.61. The van der Waals surface area contributed by atoms with Crippen molar-refractivity contribution in [2.24, 2.45) is 5.73 Å². The van der Waals surface area contributed by atoms with Gasteiger partial charge in [0.2, 0.25) is 0 Å². The van der Waals surface area contributed by atoms with Crippen molar-refractivity contribution in [1.29, 1.82) is 0 Å². The smallest absolute Gasteiger partial charge is 0.0195 e. The minimum Gasteiger partial charge on any atom is -0.362 e. The van der Waals surface area contributed by atoms with Crippen LogP contribution in [0.2, 0.25) is 0 Å². The summed E-state index contributed by atoms with van der Waals surface area (Å²) in [5.41, 5.74) is 10.4. The molecule has 0 spiro atoms. The molecule has 0 bridgehead atoms. The predicted octanol–water partition coefficient (Wildman–Crippen LogP) is 2.40. The van der Waals surface area contributed by atoms with E-state index in [9.17, 15) is 0 Å². The minimum absolute atomic E-state index is 0.105. The third-order valence-electron chi connectivity index (χ3n) is 3.65. The Morgan fingerprint density at radius 2 is 1.93 bits per heavy atom. The van der Waals surface area contributed by atoms with Gasteiger partial charge >= 0.3 is 0 Å². The second kappa shape index (κ2) is 2.63. The average molecular weight is 192 g/mol. The normalized spacial score (nSPS) is 19.8. The Hall–Kier alpha value is -0.760. The third-order valence-corrected chi connectivity index (χ3v) is 3.65. The minimum atomic E-state index is -0.105. The Labute approximate surface area is 85.9 Å². The fourth-order valence-corrected chi connectivity index (χ4v) is 2.61. The number of H-pyrrole nitrogens is 1. The molecular weight excluding hydrogens is 172 g/mol. The number of aromatic amines is 1. The lowest BCUT2D eigenvalue weighted by molar-refractivity contribution is 0.390. The molecule has 1 fully saturated rings. The van der Waals surface area contributed by atoms with E-state index in [1.807, 2.05) is 0 Å². The number of aryl methyl sites for hydroxylation is 2. The van der Waals surface area contributed by atoms with E-state index in [2.05, 4.69) is 38.7 Å². The van der Waals surface area contributed by atoms with E-state index >= 15 is 0 Å². The first-order valence-corrected chi connectivity index (χ1v) is 5.32. The van der Waals surface area contributed by atoms with Gasteiger partial charge in [0.1, 0.15) is 0 Å². The zero-order chi connectivity index (χ0) is 10.6. The molecule has 2 heteroatoms. The Bertz CT molecular complexity index is 351. The van der Waals surface area contributed by atoms with Gasteiger partial charge in [0.05, 0.1) is 0 Å². The number of rotatable bonds is 2. The molecule has 0 amide bonds. The van der Waals surface area contributed by atoms with E-state index in [4.69, 9.17) is 5.73 Å². The standard InChI is InChI=1S/C12H20N2/c1-8-7-10(9(2)14-8)12(5-6-12)11(3,4)13/h7,14H,5-6,13H2,1-4H3. The largest absolute Gasteiger partial charge is 0.362 e. The zero-order valence-corrected chi connectivity index (χ0v) is 9.57. The molecule has 2 nitrogen and oxygen atoms in total. The summed E-state index contributed by atoms with van der Waals surface area (Å²) in [6.45, 7) is 8.54.